The molecule has 5 nitrogen and oxygen atoms in total. The van der Waals surface area contributed by atoms with Crippen LogP contribution < -0.4 is 5.32 Å². The summed E-state index contributed by atoms with van der Waals surface area (Å²) in [5.74, 6) is 0.0310. The Labute approximate surface area is 216 Å². The molecule has 0 aliphatic heterocycles. The van der Waals surface area contributed by atoms with Crippen LogP contribution in [0.5, 0.6) is 0 Å². The van der Waals surface area contributed by atoms with Gasteiger partial charge in [0.05, 0.1) is 12.2 Å². The van der Waals surface area contributed by atoms with Crippen molar-refractivity contribution >= 4 is 28.3 Å². The topological polar surface area (TPSA) is 62.7 Å². The van der Waals surface area contributed by atoms with E-state index in [-0.39, 0.29) is 11.8 Å². The maximum absolute atomic E-state index is 14.0. The molecule has 2 heterocycles. The maximum atomic E-state index is 14.0. The molecule has 0 aliphatic rings. The molecule has 0 amide bonds. The summed E-state index contributed by atoms with van der Waals surface area (Å²) in [5.41, 5.74) is 6.82. The molecule has 0 aliphatic carbocycles. The van der Waals surface area contributed by atoms with Crippen molar-refractivity contribution < 1.29 is 4.79 Å². The van der Waals surface area contributed by atoms with Gasteiger partial charge in [-0.1, -0.05) is 66.2 Å². The smallest absolute Gasteiger partial charge is 0.186 e. The number of carbonyl (C=O) groups is 1. The van der Waals surface area contributed by atoms with E-state index >= 15 is 0 Å². The molecule has 5 rings (SSSR count). The van der Waals surface area contributed by atoms with Crippen molar-refractivity contribution in [2.24, 2.45) is 7.05 Å². The Morgan fingerprint density at radius 2 is 1.89 bits per heavy atom. The van der Waals surface area contributed by atoms with E-state index in [0.717, 1.165) is 50.2 Å². The van der Waals surface area contributed by atoms with Gasteiger partial charge in [-0.25, -0.2) is 0 Å². The zero-order chi connectivity index (χ0) is 25.2. The monoisotopic (exact) mass is 496 g/mol. The summed E-state index contributed by atoms with van der Waals surface area (Å²) in [5, 5.41) is 9.51. The van der Waals surface area contributed by atoms with E-state index in [2.05, 4.69) is 40.5 Å². The zero-order valence-corrected chi connectivity index (χ0v) is 21.4. The van der Waals surface area contributed by atoms with Crippen molar-refractivity contribution in [1.29, 1.82) is 0 Å². The van der Waals surface area contributed by atoms with Gasteiger partial charge in [0.25, 0.3) is 0 Å². The first kappa shape index (κ1) is 24.0. The molecule has 0 radical (unpaired) electrons. The minimum absolute atomic E-state index is 0.0294. The lowest BCUT2D eigenvalue weighted by atomic mass is 9.95. The van der Waals surface area contributed by atoms with E-state index in [1.165, 1.54) is 0 Å². The van der Waals surface area contributed by atoms with Crippen molar-refractivity contribution in [3.05, 3.63) is 113 Å². The van der Waals surface area contributed by atoms with Crippen LogP contribution in [0.1, 0.15) is 40.0 Å². The number of H-pyrrole nitrogens is 1. The van der Waals surface area contributed by atoms with Crippen LogP contribution in [-0.2, 0) is 13.5 Å². The second kappa shape index (κ2) is 10.1. The first-order valence-corrected chi connectivity index (χ1v) is 12.5. The van der Waals surface area contributed by atoms with Crippen molar-refractivity contribution in [1.82, 2.24) is 20.1 Å². The molecule has 182 valence electrons. The molecule has 0 spiro atoms. The molecule has 0 fully saturated rings. The lowest BCUT2D eigenvalue weighted by Crippen LogP contribution is -2.36. The van der Waals surface area contributed by atoms with Gasteiger partial charge in [-0.2, -0.15) is 5.10 Å². The average Bonchev–Trinajstić information content (AvgIpc) is 3.50. The molecule has 3 aromatic carbocycles. The Balaban J connectivity index is 1.44. The van der Waals surface area contributed by atoms with Crippen LogP contribution >= 0.6 is 11.6 Å². The van der Waals surface area contributed by atoms with E-state index in [4.69, 9.17) is 11.6 Å². The second-order valence-corrected chi connectivity index (χ2v) is 9.85. The molecule has 2 N–H and O–H groups in total. The van der Waals surface area contributed by atoms with Gasteiger partial charge in [-0.3, -0.25) is 9.48 Å². The lowest BCUT2D eigenvalue weighted by Gasteiger charge is -2.23. The molecule has 0 saturated heterocycles. The number of rotatable bonds is 8. The number of aromatic amines is 1. The number of Topliss-reactive ketones (excluding diaryl/α,β-unsaturated/α-hetero) is 1. The molecule has 2 atom stereocenters. The molecule has 0 saturated carbocycles. The SMILES string of the molecule is Cc1ccc(C[C@@H](C)N[C@H](C(=O)c2c[nH]c3cc(-c4cnn(C)c4)ccc23)c2ccccc2)c(Cl)c1. The highest BCUT2D eigenvalue weighted by atomic mass is 35.5. The van der Waals surface area contributed by atoms with E-state index in [1.807, 2.05) is 81.1 Å². The van der Waals surface area contributed by atoms with Crippen LogP contribution in [0.4, 0.5) is 0 Å². The summed E-state index contributed by atoms with van der Waals surface area (Å²) in [7, 11) is 1.90. The average molecular weight is 497 g/mol. The standard InChI is InChI=1S/C30H29ClN4O/c1-19-9-10-23(27(31)13-19)14-20(2)34-29(21-7-5-4-6-8-21)30(36)26-17-32-28-15-22(11-12-25(26)28)24-16-33-35(3)18-24/h4-13,15-18,20,29,32,34H,14H2,1-3H3/t20-,29+/m1/s1. The molecule has 0 unspecified atom stereocenters. The van der Waals surface area contributed by atoms with Crippen LogP contribution in [0.25, 0.3) is 22.0 Å². The number of carbonyl (C=O) groups excluding carboxylic acids is 1. The predicted octanol–water partition coefficient (Wildman–Crippen LogP) is 6.68. The number of aryl methyl sites for hydroxylation is 2. The normalized spacial score (nSPS) is 13.1. The molecular weight excluding hydrogens is 468 g/mol. The third-order valence-electron chi connectivity index (χ3n) is 6.57. The number of nitrogens with zero attached hydrogens (tertiary/aromatic N) is 2. The second-order valence-electron chi connectivity index (χ2n) is 9.44. The minimum Gasteiger partial charge on any atom is -0.360 e. The summed E-state index contributed by atoms with van der Waals surface area (Å²) >= 11 is 6.49. The Morgan fingerprint density at radius 1 is 1.08 bits per heavy atom. The van der Waals surface area contributed by atoms with Gasteiger partial charge in [-0.05, 0) is 54.7 Å². The van der Waals surface area contributed by atoms with Gasteiger partial charge in [0, 0.05) is 52.5 Å². The van der Waals surface area contributed by atoms with Gasteiger partial charge in [0.2, 0.25) is 0 Å². The highest BCUT2D eigenvalue weighted by Crippen LogP contribution is 2.29. The first-order valence-electron chi connectivity index (χ1n) is 12.1. The van der Waals surface area contributed by atoms with Crippen LogP contribution in [0.2, 0.25) is 5.02 Å². The van der Waals surface area contributed by atoms with Crippen molar-refractivity contribution in [3.63, 3.8) is 0 Å². The van der Waals surface area contributed by atoms with Gasteiger partial charge < -0.3 is 10.3 Å². The van der Waals surface area contributed by atoms with Crippen LogP contribution in [-0.4, -0.2) is 26.6 Å². The Bertz CT molecular complexity index is 1520. The number of fused-ring (bicyclic) bond motifs is 1. The third-order valence-corrected chi connectivity index (χ3v) is 6.92. The molecular formula is C30H29ClN4O. The number of nitrogens with one attached hydrogen (secondary N) is 2. The highest BCUT2D eigenvalue weighted by Gasteiger charge is 2.26. The number of halogens is 1. The summed E-state index contributed by atoms with van der Waals surface area (Å²) in [6, 6.07) is 21.7. The zero-order valence-electron chi connectivity index (χ0n) is 20.6. The quantitative estimate of drug-likeness (QED) is 0.236. The lowest BCUT2D eigenvalue weighted by molar-refractivity contribution is 0.0938. The number of hydrogen-bond donors (Lipinski definition) is 2. The highest BCUT2D eigenvalue weighted by molar-refractivity contribution is 6.31. The Kier molecular flexibility index (Phi) is 6.77. The fraction of sp³-hybridized carbons (Fsp3) is 0.200. The van der Waals surface area contributed by atoms with Crippen molar-refractivity contribution in [2.45, 2.75) is 32.4 Å². The van der Waals surface area contributed by atoms with Gasteiger partial charge >= 0.3 is 0 Å². The summed E-state index contributed by atoms with van der Waals surface area (Å²) in [6.07, 6.45) is 6.36. The van der Waals surface area contributed by atoms with Crippen LogP contribution in [0.3, 0.4) is 0 Å². The summed E-state index contributed by atoms with van der Waals surface area (Å²) < 4.78 is 1.78. The molecule has 36 heavy (non-hydrogen) atoms. The number of hydrogen-bond acceptors (Lipinski definition) is 3. The minimum atomic E-state index is -0.484. The predicted molar refractivity (Wildman–Crippen MR) is 147 cm³/mol. The van der Waals surface area contributed by atoms with E-state index in [9.17, 15) is 4.79 Å². The maximum Gasteiger partial charge on any atom is 0.186 e. The molecule has 5 aromatic rings. The van der Waals surface area contributed by atoms with Gasteiger partial charge in [-0.15, -0.1) is 0 Å². The summed E-state index contributed by atoms with van der Waals surface area (Å²) in [6.45, 7) is 4.12. The van der Waals surface area contributed by atoms with E-state index in [1.54, 1.807) is 4.68 Å². The fourth-order valence-corrected chi connectivity index (χ4v) is 5.01. The van der Waals surface area contributed by atoms with E-state index < -0.39 is 6.04 Å². The first-order chi connectivity index (χ1) is 17.4. The van der Waals surface area contributed by atoms with Crippen molar-refractivity contribution in [3.8, 4) is 11.1 Å². The van der Waals surface area contributed by atoms with Gasteiger partial charge in [0.15, 0.2) is 5.78 Å². The van der Waals surface area contributed by atoms with Crippen molar-refractivity contribution in [2.75, 3.05) is 0 Å². The Hall–Kier alpha value is -3.67. The summed E-state index contributed by atoms with van der Waals surface area (Å²) in [4.78, 5) is 17.3. The molecule has 0 bridgehead atoms. The number of benzene rings is 3. The largest absolute Gasteiger partial charge is 0.360 e. The van der Waals surface area contributed by atoms with E-state index in [0.29, 0.717) is 5.56 Å². The van der Waals surface area contributed by atoms with Crippen LogP contribution in [0, 0.1) is 6.92 Å². The molecule has 2 aromatic heterocycles. The molecule has 6 heteroatoms. The number of aromatic nitrogens is 3. The third kappa shape index (κ3) is 4.99. The van der Waals surface area contributed by atoms with Crippen LogP contribution in [0.15, 0.2) is 85.3 Å². The Morgan fingerprint density at radius 3 is 2.61 bits per heavy atom. The van der Waals surface area contributed by atoms with Gasteiger partial charge in [0.1, 0.15) is 0 Å². The number of ketones is 1. The fourth-order valence-electron chi connectivity index (χ4n) is 4.70.